The summed E-state index contributed by atoms with van der Waals surface area (Å²) in [6.07, 6.45) is 2.66. The molecule has 6 heteroatoms. The Bertz CT molecular complexity index is 563. The van der Waals surface area contributed by atoms with Crippen LogP contribution in [0.1, 0.15) is 81.6 Å². The van der Waals surface area contributed by atoms with Crippen LogP contribution < -0.4 is 10.6 Å². The van der Waals surface area contributed by atoms with Gasteiger partial charge in [0.1, 0.15) is 6.04 Å². The fraction of sp³-hybridized carbons (Fsp3) is 0.913. The number of nitrogens with one attached hydrogen (secondary N) is 2. The van der Waals surface area contributed by atoms with Gasteiger partial charge in [0, 0.05) is 24.4 Å². The number of carbonyl (C=O) groups excluding carboxylic acids is 2. The molecule has 0 aromatic rings. The second-order valence-electron chi connectivity index (χ2n) is 11.9. The number of nitrogens with zero attached hydrogens (tertiary/aromatic N) is 1. The molecule has 1 fully saturated rings. The quantitative estimate of drug-likeness (QED) is 0.491. The molecule has 170 valence electrons. The third kappa shape index (κ3) is 10.1. The standard InChI is InChI=1S/C23H45N3O2S/c1-16-10-18(19(27)24-12-17(2)11-21(3,4)5)26(13-16)20(28)25-15-22(6,7)14-23(8,9)29/h16-18,29H,10-15H2,1-9H3,(H,24,27)(H,25,28). The van der Waals surface area contributed by atoms with Gasteiger partial charge in [0.15, 0.2) is 0 Å². The molecule has 0 aliphatic carbocycles. The van der Waals surface area contributed by atoms with Crippen LogP contribution in [0.3, 0.4) is 0 Å². The minimum atomic E-state index is -0.378. The minimum Gasteiger partial charge on any atom is -0.354 e. The van der Waals surface area contributed by atoms with E-state index in [4.69, 9.17) is 0 Å². The molecule has 3 amide bonds. The van der Waals surface area contributed by atoms with E-state index in [9.17, 15) is 9.59 Å². The van der Waals surface area contributed by atoms with Gasteiger partial charge in [-0.15, -0.1) is 0 Å². The predicted octanol–water partition coefficient (Wildman–Crippen LogP) is 4.72. The van der Waals surface area contributed by atoms with Gasteiger partial charge in [-0.3, -0.25) is 4.79 Å². The van der Waals surface area contributed by atoms with Crippen LogP contribution in [0.25, 0.3) is 0 Å². The molecule has 0 bridgehead atoms. The van der Waals surface area contributed by atoms with Gasteiger partial charge in [0.05, 0.1) is 0 Å². The summed E-state index contributed by atoms with van der Waals surface area (Å²) in [5.41, 5.74) is 0.179. The van der Waals surface area contributed by atoms with Gasteiger partial charge < -0.3 is 15.5 Å². The Morgan fingerprint density at radius 2 is 1.69 bits per heavy atom. The molecule has 1 rings (SSSR count). The topological polar surface area (TPSA) is 61.4 Å². The Labute approximate surface area is 184 Å². The number of thiol groups is 1. The van der Waals surface area contributed by atoms with Crippen molar-refractivity contribution in [1.29, 1.82) is 0 Å². The van der Waals surface area contributed by atoms with Crippen LogP contribution in [0.15, 0.2) is 0 Å². The van der Waals surface area contributed by atoms with Gasteiger partial charge >= 0.3 is 6.03 Å². The molecule has 3 atom stereocenters. The van der Waals surface area contributed by atoms with Gasteiger partial charge in [-0.25, -0.2) is 4.79 Å². The maximum absolute atomic E-state index is 12.9. The van der Waals surface area contributed by atoms with E-state index in [0.29, 0.717) is 31.5 Å². The van der Waals surface area contributed by atoms with E-state index in [0.717, 1.165) is 19.3 Å². The number of amides is 3. The molecule has 5 nitrogen and oxygen atoms in total. The van der Waals surface area contributed by atoms with Gasteiger partial charge in [0.2, 0.25) is 5.91 Å². The maximum Gasteiger partial charge on any atom is 0.318 e. The fourth-order valence-corrected chi connectivity index (χ4v) is 5.11. The Morgan fingerprint density at radius 1 is 1.10 bits per heavy atom. The van der Waals surface area contributed by atoms with E-state index in [-0.39, 0.29) is 33.6 Å². The lowest BCUT2D eigenvalue weighted by Crippen LogP contribution is -2.51. The number of urea groups is 1. The molecule has 1 heterocycles. The highest BCUT2D eigenvalue weighted by molar-refractivity contribution is 7.81. The SMILES string of the molecule is CC1CC(C(=O)NCC(C)CC(C)(C)C)N(C(=O)NCC(C)(C)CC(C)(C)S)C1. The normalized spacial score (nSPS) is 21.8. The van der Waals surface area contributed by atoms with E-state index < -0.39 is 0 Å². The lowest BCUT2D eigenvalue weighted by molar-refractivity contribution is -0.124. The molecule has 0 saturated carbocycles. The minimum absolute atomic E-state index is 0.0268. The van der Waals surface area contributed by atoms with Crippen LogP contribution in [-0.2, 0) is 4.79 Å². The highest BCUT2D eigenvalue weighted by Crippen LogP contribution is 2.31. The van der Waals surface area contributed by atoms with Gasteiger partial charge in [-0.2, -0.15) is 12.6 Å². The molecule has 29 heavy (non-hydrogen) atoms. The van der Waals surface area contributed by atoms with Crippen molar-refractivity contribution in [3.8, 4) is 0 Å². The Kier molecular flexibility index (Phi) is 8.95. The van der Waals surface area contributed by atoms with Crippen LogP contribution in [-0.4, -0.2) is 47.3 Å². The van der Waals surface area contributed by atoms with Crippen molar-refractivity contribution in [3.63, 3.8) is 0 Å². The molecule has 1 aliphatic heterocycles. The Hall–Kier alpha value is -0.910. The predicted molar refractivity (Wildman–Crippen MR) is 125 cm³/mol. The molecule has 0 spiro atoms. The summed E-state index contributed by atoms with van der Waals surface area (Å²) in [7, 11) is 0. The second kappa shape index (κ2) is 9.93. The van der Waals surface area contributed by atoms with Crippen LogP contribution in [0.4, 0.5) is 4.79 Å². The first-order valence-electron chi connectivity index (χ1n) is 11.0. The number of likely N-dealkylation sites (tertiary alicyclic amines) is 1. The summed E-state index contributed by atoms with van der Waals surface area (Å²) in [6, 6.07) is -0.515. The zero-order valence-corrected chi connectivity index (χ0v) is 21.1. The average molecular weight is 428 g/mol. The van der Waals surface area contributed by atoms with Crippen LogP contribution >= 0.6 is 12.6 Å². The number of hydrogen-bond acceptors (Lipinski definition) is 3. The second-order valence-corrected chi connectivity index (χ2v) is 13.1. The van der Waals surface area contributed by atoms with Crippen molar-refractivity contribution in [2.45, 2.75) is 92.4 Å². The first kappa shape index (κ1) is 26.1. The largest absolute Gasteiger partial charge is 0.354 e. The highest BCUT2D eigenvalue weighted by atomic mass is 32.1. The van der Waals surface area contributed by atoms with Crippen LogP contribution in [0.5, 0.6) is 0 Å². The van der Waals surface area contributed by atoms with Crippen molar-refractivity contribution in [2.75, 3.05) is 19.6 Å². The third-order valence-electron chi connectivity index (χ3n) is 5.29. The van der Waals surface area contributed by atoms with Crippen LogP contribution in [0, 0.1) is 22.7 Å². The van der Waals surface area contributed by atoms with Crippen molar-refractivity contribution in [1.82, 2.24) is 15.5 Å². The molecule has 3 unspecified atom stereocenters. The highest BCUT2D eigenvalue weighted by Gasteiger charge is 2.38. The Morgan fingerprint density at radius 3 is 2.21 bits per heavy atom. The Balaban J connectivity index is 2.63. The summed E-state index contributed by atoms with van der Waals surface area (Å²) in [4.78, 5) is 27.4. The number of hydrogen-bond donors (Lipinski definition) is 3. The first-order chi connectivity index (χ1) is 13.0. The van der Waals surface area contributed by atoms with Crippen molar-refractivity contribution in [2.24, 2.45) is 22.7 Å². The zero-order valence-electron chi connectivity index (χ0n) is 20.2. The monoisotopic (exact) mass is 427 g/mol. The van der Waals surface area contributed by atoms with Gasteiger partial charge in [0.25, 0.3) is 0 Å². The summed E-state index contributed by atoms with van der Waals surface area (Å²) < 4.78 is -0.0947. The van der Waals surface area contributed by atoms with Gasteiger partial charge in [-0.1, -0.05) is 62.3 Å². The zero-order chi connectivity index (χ0) is 22.6. The molecule has 1 saturated heterocycles. The van der Waals surface area contributed by atoms with E-state index in [1.54, 1.807) is 4.90 Å². The summed E-state index contributed by atoms with van der Waals surface area (Å²) in [5.74, 6) is 0.708. The summed E-state index contributed by atoms with van der Waals surface area (Å²) in [5, 5.41) is 6.15. The first-order valence-corrected chi connectivity index (χ1v) is 11.5. The molecular weight excluding hydrogens is 382 g/mol. The van der Waals surface area contributed by atoms with Crippen molar-refractivity contribution in [3.05, 3.63) is 0 Å². The fourth-order valence-electron chi connectivity index (χ4n) is 4.68. The number of rotatable bonds is 8. The molecular formula is C23H45N3O2S. The van der Waals surface area contributed by atoms with Gasteiger partial charge in [-0.05, 0) is 41.9 Å². The molecule has 2 N–H and O–H groups in total. The van der Waals surface area contributed by atoms with Crippen molar-refractivity contribution < 1.29 is 9.59 Å². The van der Waals surface area contributed by atoms with E-state index in [1.165, 1.54) is 0 Å². The molecule has 0 radical (unpaired) electrons. The third-order valence-corrected chi connectivity index (χ3v) is 5.45. The average Bonchev–Trinajstić information content (AvgIpc) is 2.88. The van der Waals surface area contributed by atoms with E-state index in [1.807, 2.05) is 0 Å². The summed E-state index contributed by atoms with van der Waals surface area (Å²) >= 11 is 4.62. The maximum atomic E-state index is 12.9. The van der Waals surface area contributed by atoms with E-state index >= 15 is 0 Å². The smallest absolute Gasteiger partial charge is 0.318 e. The summed E-state index contributed by atoms with van der Waals surface area (Å²) in [6.45, 7) is 21.2. The molecule has 0 aromatic heterocycles. The van der Waals surface area contributed by atoms with E-state index in [2.05, 4.69) is 85.6 Å². The lowest BCUT2D eigenvalue weighted by Gasteiger charge is -2.33. The lowest BCUT2D eigenvalue weighted by atomic mass is 9.83. The van der Waals surface area contributed by atoms with Crippen LogP contribution in [0.2, 0.25) is 0 Å². The molecule has 1 aliphatic rings. The number of carbonyl (C=O) groups is 2. The van der Waals surface area contributed by atoms with Crippen molar-refractivity contribution >= 4 is 24.6 Å². The molecule has 0 aromatic carbocycles.